The molecule has 4 rings (SSSR count). The van der Waals surface area contributed by atoms with Crippen molar-refractivity contribution < 1.29 is 9.21 Å². The van der Waals surface area contributed by atoms with Crippen molar-refractivity contribution in [3.63, 3.8) is 0 Å². The van der Waals surface area contributed by atoms with Crippen molar-refractivity contribution in [1.29, 1.82) is 0 Å². The maximum atomic E-state index is 11.6. The smallest absolute Gasteiger partial charge is 0.247 e. The summed E-state index contributed by atoms with van der Waals surface area (Å²) in [5.74, 6) is 3.76. The van der Waals surface area contributed by atoms with Gasteiger partial charge in [-0.15, -0.1) is 10.2 Å². The molecule has 2 heterocycles. The van der Waals surface area contributed by atoms with Crippen LogP contribution in [0.5, 0.6) is 0 Å². The lowest BCUT2D eigenvalue weighted by atomic mass is 9.69. The van der Waals surface area contributed by atoms with Crippen LogP contribution < -0.4 is 0 Å². The molecule has 3 atom stereocenters. The summed E-state index contributed by atoms with van der Waals surface area (Å²) in [6.07, 6.45) is 4.46. The second-order valence-electron chi connectivity index (χ2n) is 10.3. The molecule has 6 heteroatoms. The van der Waals surface area contributed by atoms with E-state index in [2.05, 4.69) is 61.0 Å². The topological polar surface area (TPSA) is 62.5 Å². The first-order chi connectivity index (χ1) is 15.8. The van der Waals surface area contributed by atoms with E-state index in [1.807, 2.05) is 17.0 Å². The summed E-state index contributed by atoms with van der Waals surface area (Å²) < 4.78 is 6.04. The molecule has 1 fully saturated rings. The van der Waals surface area contributed by atoms with Gasteiger partial charge >= 0.3 is 0 Å². The van der Waals surface area contributed by atoms with Crippen molar-refractivity contribution in [2.24, 2.45) is 23.7 Å². The predicted molar refractivity (Wildman–Crippen MR) is 131 cm³/mol. The third-order valence-corrected chi connectivity index (χ3v) is 7.56. The molecule has 1 aliphatic heterocycles. The van der Waals surface area contributed by atoms with E-state index in [-0.39, 0.29) is 5.91 Å². The van der Waals surface area contributed by atoms with Crippen molar-refractivity contribution in [2.45, 2.75) is 47.5 Å². The number of aromatic nitrogens is 2. The van der Waals surface area contributed by atoms with E-state index in [0.717, 1.165) is 57.0 Å². The molecule has 0 radical (unpaired) electrons. The fourth-order valence-electron chi connectivity index (χ4n) is 5.39. The molecule has 0 bridgehead atoms. The number of allylic oxidation sites excluding steroid dienone is 1. The zero-order valence-corrected chi connectivity index (χ0v) is 20.8. The highest BCUT2D eigenvalue weighted by atomic mass is 16.4. The van der Waals surface area contributed by atoms with Gasteiger partial charge < -0.3 is 9.32 Å². The van der Waals surface area contributed by atoms with Crippen LogP contribution in [0.4, 0.5) is 0 Å². The largest absolute Gasteiger partial charge is 0.421 e. The number of aryl methyl sites for hydroxylation is 1. The number of carbonyl (C=O) groups excluding carboxylic acids is 1. The standard InChI is InChI=1S/C27H38N4O2/c1-18(2)25-15-23(16-26-28-29-27(33-26)22-8-6-19(3)7-9-22)20(4)14-24(25)17-30-10-12-31(13-11-30)21(5)32/h6-9,14,18,23-25H,10-13,15-17H2,1-5H3/t23-,24-,25-/m0/s1. The lowest BCUT2D eigenvalue weighted by molar-refractivity contribution is -0.130. The van der Waals surface area contributed by atoms with Crippen LogP contribution in [-0.2, 0) is 11.2 Å². The van der Waals surface area contributed by atoms with Gasteiger partial charge in [-0.1, -0.05) is 43.2 Å². The van der Waals surface area contributed by atoms with E-state index >= 15 is 0 Å². The Morgan fingerprint density at radius 2 is 1.79 bits per heavy atom. The Balaban J connectivity index is 1.41. The maximum absolute atomic E-state index is 11.6. The van der Waals surface area contributed by atoms with E-state index in [0.29, 0.717) is 29.6 Å². The number of hydrogen-bond donors (Lipinski definition) is 0. The number of piperazine rings is 1. The van der Waals surface area contributed by atoms with Gasteiger partial charge in [-0.3, -0.25) is 9.69 Å². The molecule has 1 aromatic heterocycles. The number of amides is 1. The molecule has 0 saturated carbocycles. The molecule has 0 N–H and O–H groups in total. The number of benzene rings is 1. The molecule has 1 aliphatic carbocycles. The number of carbonyl (C=O) groups is 1. The highest BCUT2D eigenvalue weighted by Gasteiger charge is 2.34. The molecule has 1 amide bonds. The second kappa shape index (κ2) is 10.2. The maximum Gasteiger partial charge on any atom is 0.247 e. The van der Waals surface area contributed by atoms with Crippen LogP contribution in [-0.4, -0.2) is 58.6 Å². The molecule has 1 saturated heterocycles. The normalized spacial score (nSPS) is 24.2. The first kappa shape index (κ1) is 23.7. The van der Waals surface area contributed by atoms with Crippen molar-refractivity contribution in [2.75, 3.05) is 32.7 Å². The van der Waals surface area contributed by atoms with Crippen LogP contribution >= 0.6 is 0 Å². The van der Waals surface area contributed by atoms with E-state index in [1.165, 1.54) is 11.1 Å². The van der Waals surface area contributed by atoms with Gasteiger partial charge in [0.2, 0.25) is 17.7 Å². The van der Waals surface area contributed by atoms with Gasteiger partial charge in [0.05, 0.1) is 0 Å². The summed E-state index contributed by atoms with van der Waals surface area (Å²) in [5.41, 5.74) is 3.63. The minimum absolute atomic E-state index is 0.192. The van der Waals surface area contributed by atoms with E-state index < -0.39 is 0 Å². The van der Waals surface area contributed by atoms with Gasteiger partial charge in [0.15, 0.2) is 0 Å². The fraction of sp³-hybridized carbons (Fsp3) is 0.593. The number of nitrogens with zero attached hydrogens (tertiary/aromatic N) is 4. The van der Waals surface area contributed by atoms with Gasteiger partial charge in [0, 0.05) is 51.6 Å². The average Bonchev–Trinajstić information content (AvgIpc) is 3.24. The predicted octanol–water partition coefficient (Wildman–Crippen LogP) is 4.61. The fourth-order valence-corrected chi connectivity index (χ4v) is 5.39. The van der Waals surface area contributed by atoms with Crippen LogP contribution in [0.15, 0.2) is 40.3 Å². The van der Waals surface area contributed by atoms with Gasteiger partial charge in [-0.05, 0) is 56.1 Å². The lowest BCUT2D eigenvalue weighted by Crippen LogP contribution is -2.50. The molecule has 2 aromatic rings. The summed E-state index contributed by atoms with van der Waals surface area (Å²) >= 11 is 0. The summed E-state index contributed by atoms with van der Waals surface area (Å²) in [6.45, 7) is 15.4. The van der Waals surface area contributed by atoms with Gasteiger partial charge in [0.1, 0.15) is 0 Å². The van der Waals surface area contributed by atoms with Crippen LogP contribution in [0.25, 0.3) is 11.5 Å². The average molecular weight is 451 g/mol. The van der Waals surface area contributed by atoms with Gasteiger partial charge in [-0.25, -0.2) is 0 Å². The molecule has 33 heavy (non-hydrogen) atoms. The minimum Gasteiger partial charge on any atom is -0.421 e. The van der Waals surface area contributed by atoms with E-state index in [4.69, 9.17) is 4.42 Å². The van der Waals surface area contributed by atoms with Crippen molar-refractivity contribution >= 4 is 5.91 Å². The van der Waals surface area contributed by atoms with E-state index in [9.17, 15) is 4.79 Å². The zero-order valence-electron chi connectivity index (χ0n) is 20.8. The third kappa shape index (κ3) is 5.72. The number of rotatable bonds is 6. The van der Waals surface area contributed by atoms with E-state index in [1.54, 1.807) is 6.92 Å². The molecular weight excluding hydrogens is 412 g/mol. The molecule has 178 valence electrons. The van der Waals surface area contributed by atoms with Crippen LogP contribution in [0.2, 0.25) is 0 Å². The Kier molecular flexibility index (Phi) is 7.32. The SMILES string of the molecule is CC(=O)N1CCN(C[C@@H]2C=C(C)[C@H](Cc3nnc(-c4ccc(C)cc4)o3)C[C@H]2C(C)C)CC1. The first-order valence-corrected chi connectivity index (χ1v) is 12.4. The Hall–Kier alpha value is -2.47. The summed E-state index contributed by atoms with van der Waals surface area (Å²) in [4.78, 5) is 16.1. The first-order valence-electron chi connectivity index (χ1n) is 12.4. The third-order valence-electron chi connectivity index (χ3n) is 7.56. The van der Waals surface area contributed by atoms with Crippen molar-refractivity contribution in [3.05, 3.63) is 47.4 Å². The Labute approximate surface area is 198 Å². The van der Waals surface area contributed by atoms with Crippen molar-refractivity contribution in [3.8, 4) is 11.5 Å². The lowest BCUT2D eigenvalue weighted by Gasteiger charge is -2.41. The van der Waals surface area contributed by atoms with Crippen LogP contribution in [0, 0.1) is 30.6 Å². The molecule has 2 aliphatic rings. The van der Waals surface area contributed by atoms with Gasteiger partial charge in [-0.2, -0.15) is 0 Å². The summed E-state index contributed by atoms with van der Waals surface area (Å²) in [6, 6.07) is 8.21. The molecule has 0 unspecified atom stereocenters. The molecule has 6 nitrogen and oxygen atoms in total. The molecular formula is C27H38N4O2. The summed E-state index contributed by atoms with van der Waals surface area (Å²) in [7, 11) is 0. The summed E-state index contributed by atoms with van der Waals surface area (Å²) in [5, 5.41) is 8.66. The quantitative estimate of drug-likeness (QED) is 0.602. The van der Waals surface area contributed by atoms with Crippen LogP contribution in [0.3, 0.4) is 0 Å². The Morgan fingerprint density at radius 3 is 2.42 bits per heavy atom. The molecule has 1 aromatic carbocycles. The van der Waals surface area contributed by atoms with Crippen LogP contribution in [0.1, 0.15) is 45.6 Å². The minimum atomic E-state index is 0.192. The Bertz CT molecular complexity index is 970. The van der Waals surface area contributed by atoms with Gasteiger partial charge in [0.25, 0.3) is 0 Å². The number of hydrogen-bond acceptors (Lipinski definition) is 5. The van der Waals surface area contributed by atoms with Crippen molar-refractivity contribution in [1.82, 2.24) is 20.0 Å². The molecule has 0 spiro atoms. The monoisotopic (exact) mass is 450 g/mol. The highest BCUT2D eigenvalue weighted by Crippen LogP contribution is 2.39. The Morgan fingerprint density at radius 1 is 1.09 bits per heavy atom. The second-order valence-corrected chi connectivity index (χ2v) is 10.3. The highest BCUT2D eigenvalue weighted by molar-refractivity contribution is 5.73. The zero-order chi connectivity index (χ0) is 23.5.